The Morgan fingerprint density at radius 3 is 2.46 bits per heavy atom. The number of amides is 1. The number of ether oxygens (including phenoxy) is 2. The predicted molar refractivity (Wildman–Crippen MR) is 147 cm³/mol. The molecule has 0 aliphatic rings. The van der Waals surface area contributed by atoms with Crippen LogP contribution in [0.25, 0.3) is 16.8 Å². The van der Waals surface area contributed by atoms with Gasteiger partial charge in [0.05, 0.1) is 42.2 Å². The molecular formula is C28H29N5O3S. The summed E-state index contributed by atoms with van der Waals surface area (Å²) in [6, 6.07) is 22.1. The number of carbonyl (C=O) groups excluding carboxylic acids is 1. The van der Waals surface area contributed by atoms with Crippen LogP contribution in [0.1, 0.15) is 25.0 Å². The molecule has 5 aromatic rings. The number of fused-ring (bicyclic) bond motifs is 3. The van der Waals surface area contributed by atoms with Gasteiger partial charge in [0.15, 0.2) is 5.16 Å². The molecule has 2 heterocycles. The quantitative estimate of drug-likeness (QED) is 0.245. The first kappa shape index (κ1) is 24.7. The fourth-order valence-electron chi connectivity index (χ4n) is 4.22. The molecule has 3 aromatic carbocycles. The van der Waals surface area contributed by atoms with Crippen LogP contribution < -0.4 is 14.8 Å². The third kappa shape index (κ3) is 5.27. The van der Waals surface area contributed by atoms with E-state index in [-0.39, 0.29) is 11.7 Å². The van der Waals surface area contributed by atoms with Crippen molar-refractivity contribution in [3.8, 4) is 11.5 Å². The van der Waals surface area contributed by atoms with Crippen LogP contribution in [0.3, 0.4) is 0 Å². The summed E-state index contributed by atoms with van der Waals surface area (Å²) in [5.41, 5.74) is 5.06. The number of anilines is 1. The van der Waals surface area contributed by atoms with Crippen LogP contribution in [0, 0.1) is 6.92 Å². The molecule has 0 fully saturated rings. The lowest BCUT2D eigenvalue weighted by atomic mass is 10.1. The van der Waals surface area contributed by atoms with Crippen LogP contribution in [0.15, 0.2) is 71.9 Å². The number of hydrogen-bond donors (Lipinski definition) is 1. The van der Waals surface area contributed by atoms with E-state index in [1.165, 1.54) is 22.9 Å². The highest BCUT2D eigenvalue weighted by Gasteiger charge is 2.18. The van der Waals surface area contributed by atoms with Crippen molar-refractivity contribution in [3.05, 3.63) is 77.9 Å². The average molecular weight is 516 g/mol. The van der Waals surface area contributed by atoms with Crippen molar-refractivity contribution >= 4 is 40.2 Å². The molecule has 9 heteroatoms. The van der Waals surface area contributed by atoms with Crippen molar-refractivity contribution in [2.45, 2.75) is 32.5 Å². The highest BCUT2D eigenvalue weighted by atomic mass is 32.2. The SMILES string of the molecule is CCOc1ccc(OCC)c(NC(=O)CSc2nnc3n(Cc4ccc(C)cc4)c4ccccc4n23)c1. The van der Waals surface area contributed by atoms with Crippen molar-refractivity contribution < 1.29 is 14.3 Å². The Balaban J connectivity index is 1.38. The van der Waals surface area contributed by atoms with E-state index in [0.29, 0.717) is 42.1 Å². The molecule has 1 amide bonds. The Labute approximate surface area is 219 Å². The smallest absolute Gasteiger partial charge is 0.237 e. The van der Waals surface area contributed by atoms with Crippen molar-refractivity contribution in [2.75, 3.05) is 24.3 Å². The molecule has 0 saturated carbocycles. The van der Waals surface area contributed by atoms with Gasteiger partial charge in [-0.3, -0.25) is 9.20 Å². The summed E-state index contributed by atoms with van der Waals surface area (Å²) in [5, 5.41) is 12.5. The third-order valence-electron chi connectivity index (χ3n) is 5.90. The number of nitrogens with zero attached hydrogens (tertiary/aromatic N) is 4. The van der Waals surface area contributed by atoms with Crippen LogP contribution in [0.2, 0.25) is 0 Å². The molecule has 2 aromatic heterocycles. The topological polar surface area (TPSA) is 82.7 Å². The summed E-state index contributed by atoms with van der Waals surface area (Å²) in [6.45, 7) is 7.62. The number of carbonyl (C=O) groups is 1. The maximum atomic E-state index is 12.9. The third-order valence-corrected chi connectivity index (χ3v) is 6.83. The summed E-state index contributed by atoms with van der Waals surface area (Å²) >= 11 is 1.35. The van der Waals surface area contributed by atoms with Gasteiger partial charge in [0.1, 0.15) is 11.5 Å². The van der Waals surface area contributed by atoms with Crippen molar-refractivity contribution in [2.24, 2.45) is 0 Å². The molecule has 0 aliphatic heterocycles. The highest BCUT2D eigenvalue weighted by molar-refractivity contribution is 7.99. The Kier molecular flexibility index (Phi) is 7.32. The minimum Gasteiger partial charge on any atom is -0.494 e. The van der Waals surface area contributed by atoms with Crippen LogP contribution in [-0.2, 0) is 11.3 Å². The number of aromatic nitrogens is 4. The number of hydrogen-bond acceptors (Lipinski definition) is 6. The normalized spacial score (nSPS) is 11.2. The molecular weight excluding hydrogens is 486 g/mol. The molecule has 0 saturated heterocycles. The molecule has 37 heavy (non-hydrogen) atoms. The molecule has 0 bridgehead atoms. The summed E-state index contributed by atoms with van der Waals surface area (Å²) in [5.74, 6) is 2.03. The van der Waals surface area contributed by atoms with E-state index in [1.807, 2.05) is 42.5 Å². The summed E-state index contributed by atoms with van der Waals surface area (Å²) in [7, 11) is 0. The second-order valence-electron chi connectivity index (χ2n) is 8.54. The van der Waals surface area contributed by atoms with Gasteiger partial charge in [0, 0.05) is 6.07 Å². The van der Waals surface area contributed by atoms with Gasteiger partial charge in [0.25, 0.3) is 0 Å². The van der Waals surface area contributed by atoms with Gasteiger partial charge in [-0.25, -0.2) is 0 Å². The number of nitrogens with one attached hydrogen (secondary N) is 1. The zero-order chi connectivity index (χ0) is 25.8. The first-order valence-electron chi connectivity index (χ1n) is 12.3. The largest absolute Gasteiger partial charge is 0.494 e. The molecule has 0 unspecified atom stereocenters. The van der Waals surface area contributed by atoms with E-state index in [2.05, 4.69) is 63.4 Å². The molecule has 0 aliphatic carbocycles. The van der Waals surface area contributed by atoms with Crippen LogP contribution >= 0.6 is 11.8 Å². The maximum absolute atomic E-state index is 12.9. The van der Waals surface area contributed by atoms with E-state index < -0.39 is 0 Å². The minimum absolute atomic E-state index is 0.167. The second-order valence-corrected chi connectivity index (χ2v) is 9.48. The Morgan fingerprint density at radius 1 is 0.946 bits per heavy atom. The monoisotopic (exact) mass is 515 g/mol. The van der Waals surface area contributed by atoms with Gasteiger partial charge in [-0.1, -0.05) is 53.7 Å². The fourth-order valence-corrected chi connectivity index (χ4v) is 4.96. The maximum Gasteiger partial charge on any atom is 0.237 e. The Morgan fingerprint density at radius 2 is 1.70 bits per heavy atom. The number of thioether (sulfide) groups is 1. The molecule has 1 N–H and O–H groups in total. The second kappa shape index (κ2) is 11.0. The molecule has 0 radical (unpaired) electrons. The molecule has 0 spiro atoms. The van der Waals surface area contributed by atoms with Crippen LogP contribution in [0.5, 0.6) is 11.5 Å². The first-order chi connectivity index (χ1) is 18.1. The molecule has 5 rings (SSSR count). The van der Waals surface area contributed by atoms with Gasteiger partial charge in [0.2, 0.25) is 11.7 Å². The number of imidazole rings is 1. The number of aryl methyl sites for hydroxylation is 1. The summed E-state index contributed by atoms with van der Waals surface area (Å²) in [4.78, 5) is 12.9. The number of rotatable bonds is 10. The van der Waals surface area contributed by atoms with Crippen molar-refractivity contribution in [1.29, 1.82) is 0 Å². The zero-order valence-corrected chi connectivity index (χ0v) is 21.9. The molecule has 0 atom stereocenters. The Hall–Kier alpha value is -3.98. The summed E-state index contributed by atoms with van der Waals surface area (Å²) < 4.78 is 15.4. The standard InChI is InChI=1S/C28H29N5O3S/c1-4-35-21-14-15-25(36-5-2)22(16-21)29-26(34)18-37-28-31-30-27-32(17-20-12-10-19(3)11-13-20)23-8-6-7-9-24(23)33(27)28/h6-16H,4-5,17-18H2,1-3H3,(H,29,34). The van der Waals surface area contributed by atoms with Crippen LogP contribution in [0.4, 0.5) is 5.69 Å². The molecule has 190 valence electrons. The van der Waals surface area contributed by atoms with Gasteiger partial charge >= 0.3 is 0 Å². The lowest BCUT2D eigenvalue weighted by Crippen LogP contribution is -2.15. The fraction of sp³-hybridized carbons (Fsp3) is 0.250. The zero-order valence-electron chi connectivity index (χ0n) is 21.1. The highest BCUT2D eigenvalue weighted by Crippen LogP contribution is 2.31. The number of para-hydroxylation sites is 2. The first-order valence-corrected chi connectivity index (χ1v) is 13.3. The van der Waals surface area contributed by atoms with Crippen molar-refractivity contribution in [3.63, 3.8) is 0 Å². The van der Waals surface area contributed by atoms with E-state index in [9.17, 15) is 4.79 Å². The average Bonchev–Trinajstić information content (AvgIpc) is 3.45. The van der Waals surface area contributed by atoms with E-state index in [1.54, 1.807) is 6.07 Å². The number of benzene rings is 3. The lowest BCUT2D eigenvalue weighted by Gasteiger charge is -2.13. The molecule has 8 nitrogen and oxygen atoms in total. The summed E-state index contributed by atoms with van der Waals surface area (Å²) in [6.07, 6.45) is 0. The minimum atomic E-state index is -0.167. The van der Waals surface area contributed by atoms with E-state index >= 15 is 0 Å². The van der Waals surface area contributed by atoms with E-state index in [0.717, 1.165) is 16.8 Å². The predicted octanol–water partition coefficient (Wildman–Crippen LogP) is 5.57. The lowest BCUT2D eigenvalue weighted by molar-refractivity contribution is -0.113. The Bertz CT molecular complexity index is 1540. The van der Waals surface area contributed by atoms with Crippen LogP contribution in [-0.4, -0.2) is 44.0 Å². The van der Waals surface area contributed by atoms with Gasteiger partial charge < -0.3 is 19.4 Å². The van der Waals surface area contributed by atoms with Crippen molar-refractivity contribution in [1.82, 2.24) is 19.2 Å². The van der Waals surface area contributed by atoms with E-state index in [4.69, 9.17) is 9.47 Å². The van der Waals surface area contributed by atoms with Gasteiger partial charge in [-0.15, -0.1) is 10.2 Å². The van der Waals surface area contributed by atoms with Gasteiger partial charge in [-0.2, -0.15) is 0 Å². The van der Waals surface area contributed by atoms with Gasteiger partial charge in [-0.05, 0) is 50.6 Å².